The molecule has 1 aromatic rings. The number of rotatable bonds is 4. The lowest BCUT2D eigenvalue weighted by Crippen LogP contribution is -2.36. The highest BCUT2D eigenvalue weighted by molar-refractivity contribution is 7.89. The summed E-state index contributed by atoms with van der Waals surface area (Å²) in [7, 11) is -3.46. The minimum atomic E-state index is -3.46. The molecular formula is C15H25NO2S. The predicted molar refractivity (Wildman–Crippen MR) is 80.0 cm³/mol. The van der Waals surface area contributed by atoms with E-state index in [9.17, 15) is 8.42 Å². The van der Waals surface area contributed by atoms with Gasteiger partial charge >= 0.3 is 0 Å². The van der Waals surface area contributed by atoms with Gasteiger partial charge in [0.05, 0.1) is 4.90 Å². The Kier molecular flexibility index (Phi) is 4.80. The zero-order valence-corrected chi connectivity index (χ0v) is 13.8. The fourth-order valence-electron chi connectivity index (χ4n) is 2.02. The van der Waals surface area contributed by atoms with Gasteiger partial charge in [-0.25, -0.2) is 13.1 Å². The fraction of sp³-hybridized carbons (Fsp3) is 0.600. The van der Waals surface area contributed by atoms with Crippen LogP contribution in [0.15, 0.2) is 11.0 Å². The molecule has 1 N–H and O–H groups in total. The van der Waals surface area contributed by atoms with Gasteiger partial charge in [0.25, 0.3) is 0 Å². The van der Waals surface area contributed by atoms with Crippen molar-refractivity contribution in [1.29, 1.82) is 0 Å². The molecule has 0 unspecified atom stereocenters. The molecule has 0 aliphatic rings. The molecule has 4 heteroatoms. The van der Waals surface area contributed by atoms with Gasteiger partial charge in [-0.3, -0.25) is 0 Å². The Morgan fingerprint density at radius 2 is 1.37 bits per heavy atom. The second-order valence-electron chi connectivity index (χ2n) is 5.74. The van der Waals surface area contributed by atoms with Gasteiger partial charge in [0.2, 0.25) is 10.0 Å². The van der Waals surface area contributed by atoms with Crippen LogP contribution in [0, 0.1) is 33.6 Å². The van der Waals surface area contributed by atoms with Gasteiger partial charge in [-0.2, -0.15) is 0 Å². The van der Waals surface area contributed by atoms with Gasteiger partial charge < -0.3 is 0 Å². The molecule has 1 aromatic carbocycles. The predicted octanol–water partition coefficient (Wildman–Crippen LogP) is 3.24. The fourth-order valence-corrected chi connectivity index (χ4v) is 4.03. The maximum atomic E-state index is 12.6. The second-order valence-corrected chi connectivity index (χ2v) is 7.39. The lowest BCUT2D eigenvalue weighted by Gasteiger charge is -2.21. The Hall–Kier alpha value is -0.870. The first-order valence-electron chi connectivity index (χ1n) is 6.67. The quantitative estimate of drug-likeness (QED) is 0.922. The molecule has 0 heterocycles. The van der Waals surface area contributed by atoms with E-state index < -0.39 is 10.0 Å². The summed E-state index contributed by atoms with van der Waals surface area (Å²) in [6, 6.07) is 1.96. The zero-order chi connectivity index (χ0) is 15.0. The standard InChI is InChI=1S/C15H25NO2S/c1-9(2)14(7)16-19(17,18)15-12(5)10(3)8-11(4)13(15)6/h8-9,14,16H,1-7H3/t14-/m0/s1. The number of hydrogen-bond donors (Lipinski definition) is 1. The third-order valence-electron chi connectivity index (χ3n) is 3.91. The van der Waals surface area contributed by atoms with Crippen LogP contribution in [0.3, 0.4) is 0 Å². The molecule has 0 spiro atoms. The molecular weight excluding hydrogens is 258 g/mol. The number of nitrogens with one attached hydrogen (secondary N) is 1. The average molecular weight is 283 g/mol. The Balaban J connectivity index is 3.37. The average Bonchev–Trinajstić information content (AvgIpc) is 2.25. The number of hydrogen-bond acceptors (Lipinski definition) is 2. The number of sulfonamides is 1. The lowest BCUT2D eigenvalue weighted by atomic mass is 10.0. The van der Waals surface area contributed by atoms with E-state index in [0.717, 1.165) is 22.3 Å². The smallest absolute Gasteiger partial charge is 0.208 e. The molecule has 1 rings (SSSR count). The topological polar surface area (TPSA) is 46.2 Å². The second kappa shape index (κ2) is 5.63. The SMILES string of the molecule is Cc1cc(C)c(C)c(S(=O)(=O)N[C@@H](C)C(C)C)c1C. The van der Waals surface area contributed by atoms with Crippen LogP contribution in [0.1, 0.15) is 43.0 Å². The molecule has 0 aromatic heterocycles. The Labute approximate surface area is 117 Å². The Morgan fingerprint density at radius 3 is 1.74 bits per heavy atom. The monoisotopic (exact) mass is 283 g/mol. The minimum absolute atomic E-state index is 0.0791. The van der Waals surface area contributed by atoms with Gasteiger partial charge in [-0.15, -0.1) is 0 Å². The maximum absolute atomic E-state index is 12.6. The van der Waals surface area contributed by atoms with E-state index in [0.29, 0.717) is 4.90 Å². The van der Waals surface area contributed by atoms with Crippen molar-refractivity contribution in [2.45, 2.75) is 59.4 Å². The summed E-state index contributed by atoms with van der Waals surface area (Å²) in [6.07, 6.45) is 0. The highest BCUT2D eigenvalue weighted by Crippen LogP contribution is 2.26. The van der Waals surface area contributed by atoms with Crippen molar-refractivity contribution in [2.24, 2.45) is 5.92 Å². The minimum Gasteiger partial charge on any atom is -0.208 e. The summed E-state index contributed by atoms with van der Waals surface area (Å²) in [5.74, 6) is 0.265. The summed E-state index contributed by atoms with van der Waals surface area (Å²) >= 11 is 0. The van der Waals surface area contributed by atoms with Crippen molar-refractivity contribution < 1.29 is 8.42 Å². The van der Waals surface area contributed by atoms with Gasteiger partial charge in [0.1, 0.15) is 0 Å². The van der Waals surface area contributed by atoms with Crippen molar-refractivity contribution in [2.75, 3.05) is 0 Å². The molecule has 1 atom stereocenters. The number of benzene rings is 1. The lowest BCUT2D eigenvalue weighted by molar-refractivity contribution is 0.476. The van der Waals surface area contributed by atoms with Crippen LogP contribution < -0.4 is 4.72 Å². The van der Waals surface area contributed by atoms with Gasteiger partial charge in [-0.1, -0.05) is 19.9 Å². The molecule has 0 saturated carbocycles. The van der Waals surface area contributed by atoms with Crippen LogP contribution in [-0.4, -0.2) is 14.5 Å². The van der Waals surface area contributed by atoms with Gasteiger partial charge in [0.15, 0.2) is 0 Å². The molecule has 0 amide bonds. The largest absolute Gasteiger partial charge is 0.241 e. The van der Waals surface area contributed by atoms with E-state index in [1.807, 2.05) is 54.5 Å². The van der Waals surface area contributed by atoms with Crippen LogP contribution in [-0.2, 0) is 10.0 Å². The molecule has 0 aliphatic carbocycles. The molecule has 0 aliphatic heterocycles. The van der Waals surface area contributed by atoms with Gasteiger partial charge in [0, 0.05) is 6.04 Å². The van der Waals surface area contributed by atoms with Crippen molar-refractivity contribution >= 4 is 10.0 Å². The first kappa shape index (κ1) is 16.2. The normalized spacial score (nSPS) is 13.9. The first-order valence-corrected chi connectivity index (χ1v) is 8.16. The van der Waals surface area contributed by atoms with Crippen molar-refractivity contribution in [3.05, 3.63) is 28.3 Å². The van der Waals surface area contributed by atoms with E-state index in [-0.39, 0.29) is 12.0 Å². The van der Waals surface area contributed by atoms with Crippen molar-refractivity contribution in [3.63, 3.8) is 0 Å². The third kappa shape index (κ3) is 3.37. The van der Waals surface area contributed by atoms with Crippen molar-refractivity contribution in [3.8, 4) is 0 Å². The van der Waals surface area contributed by atoms with Crippen LogP contribution in [0.4, 0.5) is 0 Å². The van der Waals surface area contributed by atoms with Crippen LogP contribution in [0.5, 0.6) is 0 Å². The van der Waals surface area contributed by atoms with Crippen LogP contribution in [0.25, 0.3) is 0 Å². The third-order valence-corrected chi connectivity index (χ3v) is 5.74. The molecule has 0 fully saturated rings. The molecule has 19 heavy (non-hydrogen) atoms. The summed E-state index contributed by atoms with van der Waals surface area (Å²) in [5.41, 5.74) is 3.71. The number of aryl methyl sites for hydroxylation is 2. The Morgan fingerprint density at radius 1 is 0.947 bits per heavy atom. The summed E-state index contributed by atoms with van der Waals surface area (Å²) in [4.78, 5) is 0.442. The highest BCUT2D eigenvalue weighted by Gasteiger charge is 2.24. The van der Waals surface area contributed by atoms with Crippen molar-refractivity contribution in [1.82, 2.24) is 4.72 Å². The molecule has 108 valence electrons. The Bertz CT molecular complexity index is 548. The van der Waals surface area contributed by atoms with Crippen LogP contribution in [0.2, 0.25) is 0 Å². The van der Waals surface area contributed by atoms with E-state index in [1.165, 1.54) is 0 Å². The molecule has 0 bridgehead atoms. The van der Waals surface area contributed by atoms with Crippen LogP contribution >= 0.6 is 0 Å². The van der Waals surface area contributed by atoms with E-state index in [1.54, 1.807) is 0 Å². The first-order chi connectivity index (χ1) is 8.58. The maximum Gasteiger partial charge on any atom is 0.241 e. The molecule has 0 saturated heterocycles. The summed E-state index contributed by atoms with van der Waals surface area (Å²) in [6.45, 7) is 13.6. The zero-order valence-electron chi connectivity index (χ0n) is 13.0. The van der Waals surface area contributed by atoms with Gasteiger partial charge in [-0.05, 0) is 62.8 Å². The van der Waals surface area contributed by atoms with E-state index in [4.69, 9.17) is 0 Å². The highest BCUT2D eigenvalue weighted by atomic mass is 32.2. The molecule has 0 radical (unpaired) electrons. The molecule has 3 nitrogen and oxygen atoms in total. The van der Waals surface area contributed by atoms with E-state index >= 15 is 0 Å². The summed E-state index contributed by atoms with van der Waals surface area (Å²) in [5, 5.41) is 0. The summed E-state index contributed by atoms with van der Waals surface area (Å²) < 4.78 is 27.9. The van der Waals surface area contributed by atoms with E-state index in [2.05, 4.69) is 4.72 Å².